The van der Waals surface area contributed by atoms with Crippen LogP contribution in [0.4, 0.5) is 0 Å². The molecule has 64 valence electrons. The van der Waals surface area contributed by atoms with Gasteiger partial charge < -0.3 is 4.42 Å². The van der Waals surface area contributed by atoms with Gasteiger partial charge in [-0.2, -0.15) is 0 Å². The van der Waals surface area contributed by atoms with E-state index in [1.165, 1.54) is 6.39 Å². The maximum absolute atomic E-state index is 5.10. The van der Waals surface area contributed by atoms with Crippen LogP contribution in [0.2, 0.25) is 0 Å². The predicted octanol–water partition coefficient (Wildman–Crippen LogP) is 2.52. The van der Waals surface area contributed by atoms with E-state index in [1.54, 1.807) is 6.20 Å². The fraction of sp³-hybridized carbons (Fsp3) is 0.333. The second kappa shape index (κ2) is 3.85. The second-order valence-corrected chi connectivity index (χ2v) is 2.60. The smallest absolute Gasteiger partial charge is 0.181 e. The summed E-state index contributed by atoms with van der Waals surface area (Å²) in [6.07, 6.45) is 4.95. The van der Waals surface area contributed by atoms with Crippen LogP contribution >= 0.6 is 0 Å². The number of hydrogen-bond donors (Lipinski definition) is 0. The molecule has 0 fully saturated rings. The van der Waals surface area contributed by atoms with Crippen molar-refractivity contribution in [1.29, 1.82) is 0 Å². The van der Waals surface area contributed by atoms with Crippen molar-refractivity contribution in [2.75, 3.05) is 0 Å². The van der Waals surface area contributed by atoms with Crippen LogP contribution in [-0.2, 0) is 0 Å². The quantitative estimate of drug-likeness (QED) is 0.630. The van der Waals surface area contributed by atoms with Gasteiger partial charge >= 0.3 is 0 Å². The average Bonchev–Trinajstić information content (AvgIpc) is 2.51. The van der Waals surface area contributed by atoms with Crippen molar-refractivity contribution in [3.8, 4) is 0 Å². The first-order valence-electron chi connectivity index (χ1n) is 3.81. The number of aliphatic imine (C=N–C) groups is 1. The van der Waals surface area contributed by atoms with Gasteiger partial charge in [0.15, 0.2) is 12.2 Å². The van der Waals surface area contributed by atoms with Gasteiger partial charge in [-0.15, -0.1) is 0 Å². The molecule has 1 rings (SSSR count). The van der Waals surface area contributed by atoms with E-state index >= 15 is 0 Å². The molecular weight excluding hydrogens is 152 g/mol. The molecule has 0 N–H and O–H groups in total. The molecule has 1 aromatic heterocycles. The first-order chi connectivity index (χ1) is 5.74. The summed E-state index contributed by atoms with van der Waals surface area (Å²) in [5.41, 5.74) is 1.83. The molecule has 0 aromatic carbocycles. The van der Waals surface area contributed by atoms with E-state index < -0.39 is 0 Å². The standard InChI is InChI=1S/C9H12N2O/c1-4-8(11-7(2)3)9-5-10-6-12-9/h4-6H,1-3H3/b8-4-. The molecule has 0 saturated heterocycles. The summed E-state index contributed by atoms with van der Waals surface area (Å²) in [5, 5.41) is 0. The van der Waals surface area contributed by atoms with Crippen molar-refractivity contribution in [3.05, 3.63) is 24.4 Å². The molecule has 0 aliphatic heterocycles. The maximum atomic E-state index is 5.10. The van der Waals surface area contributed by atoms with Crippen LogP contribution in [0.1, 0.15) is 26.5 Å². The van der Waals surface area contributed by atoms with E-state index in [2.05, 4.69) is 9.98 Å². The Bertz CT molecular complexity index is 292. The van der Waals surface area contributed by atoms with Crippen molar-refractivity contribution >= 4 is 11.4 Å². The largest absolute Gasteiger partial charge is 0.442 e. The van der Waals surface area contributed by atoms with E-state index in [1.807, 2.05) is 26.8 Å². The molecule has 12 heavy (non-hydrogen) atoms. The summed E-state index contributed by atoms with van der Waals surface area (Å²) in [5.74, 6) is 0.707. The highest BCUT2D eigenvalue weighted by Crippen LogP contribution is 2.14. The van der Waals surface area contributed by atoms with Crippen LogP contribution < -0.4 is 0 Å². The van der Waals surface area contributed by atoms with Crippen molar-refractivity contribution < 1.29 is 4.42 Å². The zero-order valence-corrected chi connectivity index (χ0v) is 7.53. The highest BCUT2D eigenvalue weighted by molar-refractivity contribution is 5.85. The summed E-state index contributed by atoms with van der Waals surface area (Å²) >= 11 is 0. The topological polar surface area (TPSA) is 38.4 Å². The Morgan fingerprint density at radius 2 is 2.33 bits per heavy atom. The Balaban J connectivity index is 2.93. The van der Waals surface area contributed by atoms with Crippen LogP contribution in [-0.4, -0.2) is 10.7 Å². The molecule has 1 aromatic rings. The molecule has 0 radical (unpaired) electrons. The van der Waals surface area contributed by atoms with Crippen LogP contribution in [0.15, 0.2) is 28.1 Å². The molecule has 3 heteroatoms. The zero-order valence-electron chi connectivity index (χ0n) is 7.53. The highest BCUT2D eigenvalue weighted by Gasteiger charge is 2.01. The molecule has 0 atom stereocenters. The van der Waals surface area contributed by atoms with Crippen molar-refractivity contribution in [1.82, 2.24) is 4.98 Å². The summed E-state index contributed by atoms with van der Waals surface area (Å²) in [7, 11) is 0. The number of aromatic nitrogens is 1. The predicted molar refractivity (Wildman–Crippen MR) is 48.9 cm³/mol. The van der Waals surface area contributed by atoms with E-state index in [-0.39, 0.29) is 0 Å². The van der Waals surface area contributed by atoms with E-state index in [0.717, 1.165) is 11.4 Å². The van der Waals surface area contributed by atoms with Crippen LogP contribution in [0.25, 0.3) is 5.70 Å². The molecule has 0 aliphatic carbocycles. The van der Waals surface area contributed by atoms with Gasteiger partial charge in [-0.3, -0.25) is 4.99 Å². The van der Waals surface area contributed by atoms with E-state index in [0.29, 0.717) is 5.76 Å². The van der Waals surface area contributed by atoms with E-state index in [9.17, 15) is 0 Å². The molecule has 0 bridgehead atoms. The van der Waals surface area contributed by atoms with Gasteiger partial charge in [0.2, 0.25) is 0 Å². The SMILES string of the molecule is C/C=C(\N=C(C)C)c1cnco1. The maximum Gasteiger partial charge on any atom is 0.181 e. The lowest BCUT2D eigenvalue weighted by Gasteiger charge is -1.95. The Hall–Kier alpha value is -1.38. The Kier molecular flexibility index (Phi) is 2.80. The first kappa shape index (κ1) is 8.71. The van der Waals surface area contributed by atoms with E-state index in [4.69, 9.17) is 4.42 Å². The molecule has 0 amide bonds. The van der Waals surface area contributed by atoms with Gasteiger partial charge in [0.25, 0.3) is 0 Å². The average molecular weight is 164 g/mol. The summed E-state index contributed by atoms with van der Waals surface area (Å²) in [4.78, 5) is 8.10. The Morgan fingerprint density at radius 1 is 1.58 bits per heavy atom. The van der Waals surface area contributed by atoms with Crippen molar-refractivity contribution in [3.63, 3.8) is 0 Å². The fourth-order valence-electron chi connectivity index (χ4n) is 0.845. The first-order valence-corrected chi connectivity index (χ1v) is 3.81. The summed E-state index contributed by atoms with van der Waals surface area (Å²) in [6.45, 7) is 5.81. The lowest BCUT2D eigenvalue weighted by molar-refractivity contribution is 0.543. The molecule has 0 spiro atoms. The fourth-order valence-corrected chi connectivity index (χ4v) is 0.845. The van der Waals surface area contributed by atoms with Crippen LogP contribution in [0.5, 0.6) is 0 Å². The van der Waals surface area contributed by atoms with Gasteiger partial charge in [0, 0.05) is 5.71 Å². The summed E-state index contributed by atoms with van der Waals surface area (Å²) in [6, 6.07) is 0. The molecule has 0 aliphatic rings. The lowest BCUT2D eigenvalue weighted by atomic mass is 10.3. The minimum atomic E-state index is 0.707. The van der Waals surface area contributed by atoms with Gasteiger partial charge in [0.05, 0.1) is 6.20 Å². The van der Waals surface area contributed by atoms with Crippen molar-refractivity contribution in [2.45, 2.75) is 20.8 Å². The number of nitrogens with zero attached hydrogens (tertiary/aromatic N) is 2. The van der Waals surface area contributed by atoms with Gasteiger partial charge in [-0.05, 0) is 20.8 Å². The van der Waals surface area contributed by atoms with Crippen LogP contribution in [0.3, 0.4) is 0 Å². The molecule has 0 unspecified atom stereocenters. The lowest BCUT2D eigenvalue weighted by Crippen LogP contribution is -1.83. The highest BCUT2D eigenvalue weighted by atomic mass is 16.3. The number of hydrogen-bond acceptors (Lipinski definition) is 3. The third-order valence-electron chi connectivity index (χ3n) is 1.30. The Morgan fingerprint density at radius 3 is 2.75 bits per heavy atom. The van der Waals surface area contributed by atoms with Gasteiger partial charge in [0.1, 0.15) is 5.70 Å². The van der Waals surface area contributed by atoms with Crippen LogP contribution in [0, 0.1) is 0 Å². The van der Waals surface area contributed by atoms with Crippen molar-refractivity contribution in [2.24, 2.45) is 4.99 Å². The second-order valence-electron chi connectivity index (χ2n) is 2.60. The number of rotatable bonds is 2. The molecule has 1 heterocycles. The monoisotopic (exact) mass is 164 g/mol. The van der Waals surface area contributed by atoms with Gasteiger partial charge in [-0.25, -0.2) is 4.98 Å². The third-order valence-corrected chi connectivity index (χ3v) is 1.30. The molecule has 3 nitrogen and oxygen atoms in total. The third kappa shape index (κ3) is 2.05. The minimum Gasteiger partial charge on any atom is -0.442 e. The number of allylic oxidation sites excluding steroid dienone is 1. The Labute approximate surface area is 71.8 Å². The number of oxazole rings is 1. The summed E-state index contributed by atoms with van der Waals surface area (Å²) < 4.78 is 5.10. The minimum absolute atomic E-state index is 0.707. The normalized spacial score (nSPS) is 11.4. The zero-order chi connectivity index (χ0) is 8.97. The molecular formula is C9H12N2O. The van der Waals surface area contributed by atoms with Gasteiger partial charge in [-0.1, -0.05) is 6.08 Å². The molecule has 0 saturated carbocycles.